The normalized spacial score (nSPS) is 11.0. The number of oxazole rings is 1. The van der Waals surface area contributed by atoms with Crippen LogP contribution in [0.15, 0.2) is 95.5 Å². The van der Waals surface area contributed by atoms with Crippen LogP contribution in [0, 0.1) is 0 Å². The van der Waals surface area contributed by atoms with E-state index in [1.165, 1.54) is 0 Å². The molecule has 0 bridgehead atoms. The largest absolute Gasteiger partial charge is 0.434 e. The average Bonchev–Trinajstić information content (AvgIpc) is 3.20. The Morgan fingerprint density at radius 3 is 2.15 bits per heavy atom. The lowest BCUT2D eigenvalue weighted by Gasteiger charge is -2.00. The standard InChI is InChI=1S/C23H15N3O/c1-3-8-16(9-4-1)20-21(17-10-5-2-6-11-17)27-23(26-20)19-14-13-18-12-7-15-24-22(18)25-19/h1-15H. The van der Waals surface area contributed by atoms with Crippen LogP contribution in [-0.2, 0) is 0 Å². The lowest BCUT2D eigenvalue weighted by Crippen LogP contribution is -1.87. The summed E-state index contributed by atoms with van der Waals surface area (Å²) in [6.45, 7) is 0. The zero-order chi connectivity index (χ0) is 18.1. The van der Waals surface area contributed by atoms with Gasteiger partial charge in [-0.15, -0.1) is 0 Å². The van der Waals surface area contributed by atoms with Gasteiger partial charge in [-0.25, -0.2) is 15.0 Å². The van der Waals surface area contributed by atoms with Gasteiger partial charge in [0.1, 0.15) is 11.4 Å². The summed E-state index contributed by atoms with van der Waals surface area (Å²) in [5, 5.41) is 0.986. The maximum Gasteiger partial charge on any atom is 0.246 e. The minimum Gasteiger partial charge on any atom is -0.434 e. The molecule has 0 aliphatic carbocycles. The van der Waals surface area contributed by atoms with Crippen molar-refractivity contribution >= 4 is 11.0 Å². The molecule has 2 aromatic carbocycles. The Labute approximate surface area is 156 Å². The van der Waals surface area contributed by atoms with Gasteiger partial charge in [0.2, 0.25) is 5.89 Å². The van der Waals surface area contributed by atoms with Crippen molar-refractivity contribution in [1.82, 2.24) is 15.0 Å². The third-order valence-electron chi connectivity index (χ3n) is 4.39. The summed E-state index contributed by atoms with van der Waals surface area (Å²) >= 11 is 0. The monoisotopic (exact) mass is 349 g/mol. The number of benzene rings is 2. The van der Waals surface area contributed by atoms with Crippen LogP contribution in [0.2, 0.25) is 0 Å². The maximum atomic E-state index is 6.19. The predicted molar refractivity (Wildman–Crippen MR) is 106 cm³/mol. The second-order valence-corrected chi connectivity index (χ2v) is 6.18. The Hall–Kier alpha value is -3.79. The number of hydrogen-bond acceptors (Lipinski definition) is 4. The second-order valence-electron chi connectivity index (χ2n) is 6.18. The van der Waals surface area contributed by atoms with E-state index in [1.807, 2.05) is 84.9 Å². The van der Waals surface area contributed by atoms with Crippen LogP contribution in [0.25, 0.3) is 45.2 Å². The van der Waals surface area contributed by atoms with E-state index in [0.717, 1.165) is 28.0 Å². The first-order chi connectivity index (χ1) is 13.4. The molecule has 3 heterocycles. The number of pyridine rings is 2. The SMILES string of the molecule is c1ccc(-c2nc(-c3ccc4cccnc4n3)oc2-c2ccccc2)cc1. The van der Waals surface area contributed by atoms with Crippen molar-refractivity contribution in [3.63, 3.8) is 0 Å². The molecule has 27 heavy (non-hydrogen) atoms. The van der Waals surface area contributed by atoms with Crippen LogP contribution in [0.4, 0.5) is 0 Å². The Bertz CT molecular complexity index is 1160. The van der Waals surface area contributed by atoms with E-state index in [0.29, 0.717) is 17.2 Å². The molecule has 0 aliphatic rings. The molecular formula is C23H15N3O. The van der Waals surface area contributed by atoms with Crippen molar-refractivity contribution in [1.29, 1.82) is 0 Å². The summed E-state index contributed by atoms with van der Waals surface area (Å²) in [6.07, 6.45) is 1.74. The van der Waals surface area contributed by atoms with Crippen molar-refractivity contribution in [3.8, 4) is 34.2 Å². The Morgan fingerprint density at radius 1 is 0.630 bits per heavy atom. The van der Waals surface area contributed by atoms with E-state index >= 15 is 0 Å². The van der Waals surface area contributed by atoms with E-state index in [-0.39, 0.29) is 0 Å². The van der Waals surface area contributed by atoms with Gasteiger partial charge in [0, 0.05) is 22.7 Å². The molecule has 0 atom stereocenters. The molecule has 128 valence electrons. The Morgan fingerprint density at radius 2 is 1.37 bits per heavy atom. The van der Waals surface area contributed by atoms with Crippen molar-refractivity contribution in [3.05, 3.63) is 91.1 Å². The van der Waals surface area contributed by atoms with E-state index in [9.17, 15) is 0 Å². The molecule has 4 nitrogen and oxygen atoms in total. The third kappa shape index (κ3) is 2.87. The quantitative estimate of drug-likeness (QED) is 0.424. The van der Waals surface area contributed by atoms with Crippen LogP contribution in [0.5, 0.6) is 0 Å². The average molecular weight is 349 g/mol. The zero-order valence-electron chi connectivity index (χ0n) is 14.4. The predicted octanol–water partition coefficient (Wildman–Crippen LogP) is 5.62. The fraction of sp³-hybridized carbons (Fsp3) is 0. The lowest BCUT2D eigenvalue weighted by molar-refractivity contribution is 0.587. The van der Waals surface area contributed by atoms with Gasteiger partial charge in [-0.3, -0.25) is 0 Å². The second kappa shape index (κ2) is 6.50. The first-order valence-corrected chi connectivity index (χ1v) is 8.72. The summed E-state index contributed by atoms with van der Waals surface area (Å²) < 4.78 is 6.19. The zero-order valence-corrected chi connectivity index (χ0v) is 14.4. The van der Waals surface area contributed by atoms with Crippen molar-refractivity contribution in [2.24, 2.45) is 0 Å². The molecule has 0 amide bonds. The lowest BCUT2D eigenvalue weighted by atomic mass is 10.1. The molecule has 0 aliphatic heterocycles. The highest BCUT2D eigenvalue weighted by Crippen LogP contribution is 2.35. The highest BCUT2D eigenvalue weighted by atomic mass is 16.4. The van der Waals surface area contributed by atoms with E-state index in [4.69, 9.17) is 9.40 Å². The van der Waals surface area contributed by atoms with Crippen LogP contribution < -0.4 is 0 Å². The van der Waals surface area contributed by atoms with Crippen LogP contribution in [0.3, 0.4) is 0 Å². The molecule has 0 spiro atoms. The number of fused-ring (bicyclic) bond motifs is 1. The van der Waals surface area contributed by atoms with E-state index < -0.39 is 0 Å². The summed E-state index contributed by atoms with van der Waals surface area (Å²) in [5.41, 5.74) is 4.13. The number of nitrogens with zero attached hydrogens (tertiary/aromatic N) is 3. The van der Waals surface area contributed by atoms with Crippen molar-refractivity contribution in [2.45, 2.75) is 0 Å². The summed E-state index contributed by atoms with van der Waals surface area (Å²) in [4.78, 5) is 13.7. The molecule has 0 saturated carbocycles. The van der Waals surface area contributed by atoms with E-state index in [2.05, 4.69) is 9.97 Å². The number of aromatic nitrogens is 3. The Balaban J connectivity index is 1.70. The molecule has 0 radical (unpaired) electrons. The van der Waals surface area contributed by atoms with Crippen LogP contribution in [-0.4, -0.2) is 15.0 Å². The molecule has 5 rings (SSSR count). The molecule has 0 saturated heterocycles. The smallest absolute Gasteiger partial charge is 0.246 e. The Kier molecular flexibility index (Phi) is 3.72. The number of rotatable bonds is 3. The van der Waals surface area contributed by atoms with Crippen molar-refractivity contribution in [2.75, 3.05) is 0 Å². The molecule has 0 fully saturated rings. The number of hydrogen-bond donors (Lipinski definition) is 0. The summed E-state index contributed by atoms with van der Waals surface area (Å²) in [5.74, 6) is 1.22. The molecular weight excluding hydrogens is 334 g/mol. The topological polar surface area (TPSA) is 51.8 Å². The first kappa shape index (κ1) is 15.5. The fourth-order valence-electron chi connectivity index (χ4n) is 3.08. The van der Waals surface area contributed by atoms with Gasteiger partial charge in [-0.1, -0.05) is 60.7 Å². The van der Waals surface area contributed by atoms with Gasteiger partial charge < -0.3 is 4.42 Å². The van der Waals surface area contributed by atoms with Gasteiger partial charge >= 0.3 is 0 Å². The molecule has 0 N–H and O–H groups in total. The summed E-state index contributed by atoms with van der Waals surface area (Å²) in [6, 6.07) is 27.8. The minimum absolute atomic E-state index is 0.486. The van der Waals surface area contributed by atoms with Gasteiger partial charge in [-0.05, 0) is 24.3 Å². The van der Waals surface area contributed by atoms with Gasteiger partial charge in [0.15, 0.2) is 11.4 Å². The minimum atomic E-state index is 0.486. The fourth-order valence-corrected chi connectivity index (χ4v) is 3.08. The molecule has 3 aromatic heterocycles. The summed E-state index contributed by atoms with van der Waals surface area (Å²) in [7, 11) is 0. The van der Waals surface area contributed by atoms with Gasteiger partial charge in [-0.2, -0.15) is 0 Å². The molecule has 5 aromatic rings. The molecule has 4 heteroatoms. The van der Waals surface area contributed by atoms with E-state index in [1.54, 1.807) is 6.20 Å². The van der Waals surface area contributed by atoms with Gasteiger partial charge in [0.05, 0.1) is 0 Å². The third-order valence-corrected chi connectivity index (χ3v) is 4.39. The highest BCUT2D eigenvalue weighted by molar-refractivity contribution is 5.80. The van der Waals surface area contributed by atoms with Crippen LogP contribution >= 0.6 is 0 Å². The highest BCUT2D eigenvalue weighted by Gasteiger charge is 2.18. The van der Waals surface area contributed by atoms with Gasteiger partial charge in [0.25, 0.3) is 0 Å². The van der Waals surface area contributed by atoms with Crippen molar-refractivity contribution < 1.29 is 4.42 Å². The maximum absolute atomic E-state index is 6.19. The van der Waals surface area contributed by atoms with Crippen LogP contribution in [0.1, 0.15) is 0 Å². The molecule has 0 unspecified atom stereocenters. The first-order valence-electron chi connectivity index (χ1n) is 8.72.